The number of hydrogen-bond donors (Lipinski definition) is 1. The average molecular weight is 192 g/mol. The van der Waals surface area contributed by atoms with Crippen molar-refractivity contribution in [2.45, 2.75) is 32.2 Å². The van der Waals surface area contributed by atoms with Crippen LogP contribution in [0.1, 0.15) is 38.0 Å². The maximum Gasteiger partial charge on any atom is 0.125 e. The molecule has 1 aliphatic heterocycles. The molecule has 3 nitrogen and oxygen atoms in total. The highest BCUT2D eigenvalue weighted by Crippen LogP contribution is 2.24. The van der Waals surface area contributed by atoms with Gasteiger partial charge in [-0.05, 0) is 31.9 Å². The standard InChI is InChI=1S/C11H16N2O/c1-9(10-5-4-8-14-10)13-7-3-2-6-11(13)12/h4-5,8-9,12H,2-3,6-7H2,1H3. The van der Waals surface area contributed by atoms with Crippen molar-refractivity contribution in [1.29, 1.82) is 5.41 Å². The quantitative estimate of drug-likeness (QED) is 0.782. The molecule has 0 bridgehead atoms. The molecule has 0 saturated carbocycles. The van der Waals surface area contributed by atoms with Gasteiger partial charge >= 0.3 is 0 Å². The molecule has 2 heterocycles. The summed E-state index contributed by atoms with van der Waals surface area (Å²) in [5.41, 5.74) is 0. The van der Waals surface area contributed by atoms with E-state index < -0.39 is 0 Å². The van der Waals surface area contributed by atoms with Crippen LogP contribution in [-0.4, -0.2) is 17.3 Å². The van der Waals surface area contributed by atoms with E-state index in [0.717, 1.165) is 31.0 Å². The lowest BCUT2D eigenvalue weighted by molar-refractivity contribution is 0.265. The van der Waals surface area contributed by atoms with E-state index in [4.69, 9.17) is 9.83 Å². The van der Waals surface area contributed by atoms with E-state index in [2.05, 4.69) is 11.8 Å². The Morgan fingerprint density at radius 1 is 1.50 bits per heavy atom. The highest BCUT2D eigenvalue weighted by atomic mass is 16.3. The highest BCUT2D eigenvalue weighted by Gasteiger charge is 2.22. The Labute approximate surface area is 84.2 Å². The van der Waals surface area contributed by atoms with E-state index in [0.29, 0.717) is 0 Å². The van der Waals surface area contributed by atoms with Crippen LogP contribution in [0, 0.1) is 5.41 Å². The van der Waals surface area contributed by atoms with Crippen LogP contribution in [0.4, 0.5) is 0 Å². The van der Waals surface area contributed by atoms with Gasteiger partial charge in [0.15, 0.2) is 0 Å². The molecule has 2 rings (SSSR count). The number of hydrogen-bond acceptors (Lipinski definition) is 2. The number of amidine groups is 1. The SMILES string of the molecule is CC(c1ccco1)N1CCCCC1=N. The van der Waals surface area contributed by atoms with Gasteiger partial charge in [-0.3, -0.25) is 5.41 Å². The molecule has 1 atom stereocenters. The Balaban J connectivity index is 2.10. The maximum absolute atomic E-state index is 7.86. The van der Waals surface area contributed by atoms with Crippen molar-refractivity contribution in [1.82, 2.24) is 4.90 Å². The lowest BCUT2D eigenvalue weighted by Gasteiger charge is -2.33. The van der Waals surface area contributed by atoms with Gasteiger partial charge in [0.25, 0.3) is 0 Å². The Hall–Kier alpha value is -1.25. The predicted molar refractivity (Wildman–Crippen MR) is 55.4 cm³/mol. The Morgan fingerprint density at radius 3 is 3.00 bits per heavy atom. The maximum atomic E-state index is 7.86. The lowest BCUT2D eigenvalue weighted by Crippen LogP contribution is -2.36. The van der Waals surface area contributed by atoms with Crippen molar-refractivity contribution in [3.05, 3.63) is 24.2 Å². The van der Waals surface area contributed by atoms with Crippen LogP contribution in [0.5, 0.6) is 0 Å². The molecule has 1 fully saturated rings. The molecule has 1 aromatic heterocycles. The van der Waals surface area contributed by atoms with E-state index in [-0.39, 0.29) is 6.04 Å². The molecule has 0 radical (unpaired) electrons. The number of nitrogens with zero attached hydrogens (tertiary/aromatic N) is 1. The zero-order chi connectivity index (χ0) is 9.97. The highest BCUT2D eigenvalue weighted by molar-refractivity contribution is 5.80. The third-order valence-electron chi connectivity index (χ3n) is 2.83. The van der Waals surface area contributed by atoms with Crippen LogP contribution in [0.3, 0.4) is 0 Å². The molecular weight excluding hydrogens is 176 g/mol. The summed E-state index contributed by atoms with van der Waals surface area (Å²) in [6, 6.07) is 4.09. The van der Waals surface area contributed by atoms with Crippen molar-refractivity contribution >= 4 is 5.84 Å². The van der Waals surface area contributed by atoms with Gasteiger partial charge in [0, 0.05) is 13.0 Å². The fraction of sp³-hybridized carbons (Fsp3) is 0.545. The van der Waals surface area contributed by atoms with Gasteiger partial charge < -0.3 is 9.32 Å². The summed E-state index contributed by atoms with van der Waals surface area (Å²) in [7, 11) is 0. The second kappa shape index (κ2) is 3.86. The molecular formula is C11H16N2O. The number of likely N-dealkylation sites (tertiary alicyclic amines) is 1. The largest absolute Gasteiger partial charge is 0.467 e. The normalized spacial score (nSPS) is 19.8. The number of piperidine rings is 1. The molecule has 0 aliphatic carbocycles. The second-order valence-electron chi connectivity index (χ2n) is 3.79. The first kappa shape index (κ1) is 9.31. The summed E-state index contributed by atoms with van der Waals surface area (Å²) in [6.45, 7) is 3.08. The summed E-state index contributed by atoms with van der Waals surface area (Å²) in [4.78, 5) is 2.13. The first-order valence-corrected chi connectivity index (χ1v) is 5.16. The topological polar surface area (TPSA) is 40.2 Å². The van der Waals surface area contributed by atoms with Gasteiger partial charge in [-0.1, -0.05) is 0 Å². The number of nitrogens with one attached hydrogen (secondary N) is 1. The van der Waals surface area contributed by atoms with Crippen LogP contribution in [0.2, 0.25) is 0 Å². The first-order chi connectivity index (χ1) is 6.79. The van der Waals surface area contributed by atoms with Crippen LogP contribution in [-0.2, 0) is 0 Å². The van der Waals surface area contributed by atoms with Gasteiger partial charge in [0.1, 0.15) is 5.76 Å². The monoisotopic (exact) mass is 192 g/mol. The van der Waals surface area contributed by atoms with E-state index in [1.807, 2.05) is 12.1 Å². The molecule has 1 saturated heterocycles. The first-order valence-electron chi connectivity index (χ1n) is 5.16. The van der Waals surface area contributed by atoms with Gasteiger partial charge in [0.05, 0.1) is 18.1 Å². The van der Waals surface area contributed by atoms with E-state index in [9.17, 15) is 0 Å². The van der Waals surface area contributed by atoms with Gasteiger partial charge in [-0.25, -0.2) is 0 Å². The predicted octanol–water partition coefficient (Wildman–Crippen LogP) is 2.80. The van der Waals surface area contributed by atoms with Crippen LogP contribution >= 0.6 is 0 Å². The second-order valence-corrected chi connectivity index (χ2v) is 3.79. The fourth-order valence-corrected chi connectivity index (χ4v) is 1.96. The fourth-order valence-electron chi connectivity index (χ4n) is 1.96. The third-order valence-corrected chi connectivity index (χ3v) is 2.83. The van der Waals surface area contributed by atoms with Crippen LogP contribution in [0.15, 0.2) is 22.8 Å². The van der Waals surface area contributed by atoms with Crippen molar-refractivity contribution in [3.63, 3.8) is 0 Å². The molecule has 1 unspecified atom stereocenters. The van der Waals surface area contributed by atoms with Crippen molar-refractivity contribution < 1.29 is 4.42 Å². The summed E-state index contributed by atoms with van der Waals surface area (Å²) >= 11 is 0. The molecule has 0 spiro atoms. The van der Waals surface area contributed by atoms with E-state index in [1.165, 1.54) is 6.42 Å². The van der Waals surface area contributed by atoms with Crippen LogP contribution < -0.4 is 0 Å². The number of furan rings is 1. The smallest absolute Gasteiger partial charge is 0.125 e. The van der Waals surface area contributed by atoms with Gasteiger partial charge in [-0.15, -0.1) is 0 Å². The van der Waals surface area contributed by atoms with Crippen molar-refractivity contribution in [2.75, 3.05) is 6.54 Å². The summed E-state index contributed by atoms with van der Waals surface area (Å²) in [5, 5.41) is 7.86. The average Bonchev–Trinajstić information content (AvgIpc) is 2.70. The molecule has 1 aliphatic rings. The van der Waals surface area contributed by atoms with Gasteiger partial charge in [0.2, 0.25) is 0 Å². The molecule has 14 heavy (non-hydrogen) atoms. The summed E-state index contributed by atoms with van der Waals surface area (Å²) < 4.78 is 5.36. The Kier molecular flexibility index (Phi) is 2.57. The molecule has 1 aromatic rings. The third kappa shape index (κ3) is 1.67. The Bertz CT molecular complexity index is 305. The van der Waals surface area contributed by atoms with Gasteiger partial charge in [-0.2, -0.15) is 0 Å². The van der Waals surface area contributed by atoms with E-state index >= 15 is 0 Å². The zero-order valence-corrected chi connectivity index (χ0v) is 8.49. The summed E-state index contributed by atoms with van der Waals surface area (Å²) in [5.74, 6) is 1.71. The van der Waals surface area contributed by atoms with E-state index in [1.54, 1.807) is 6.26 Å². The minimum atomic E-state index is 0.206. The minimum absolute atomic E-state index is 0.206. The minimum Gasteiger partial charge on any atom is -0.467 e. The van der Waals surface area contributed by atoms with Crippen LogP contribution in [0.25, 0.3) is 0 Å². The molecule has 1 N–H and O–H groups in total. The zero-order valence-electron chi connectivity index (χ0n) is 8.49. The summed E-state index contributed by atoms with van der Waals surface area (Å²) in [6.07, 6.45) is 4.94. The van der Waals surface area contributed by atoms with Crippen molar-refractivity contribution in [2.24, 2.45) is 0 Å². The Morgan fingerprint density at radius 2 is 2.36 bits per heavy atom. The molecule has 0 amide bonds. The van der Waals surface area contributed by atoms with Crippen molar-refractivity contribution in [3.8, 4) is 0 Å². The molecule has 3 heteroatoms. The lowest BCUT2D eigenvalue weighted by atomic mass is 10.1. The number of rotatable bonds is 2. The molecule has 0 aromatic carbocycles. The molecule has 76 valence electrons.